The van der Waals surface area contributed by atoms with E-state index in [4.69, 9.17) is 9.47 Å². The van der Waals surface area contributed by atoms with Gasteiger partial charge in [0.25, 0.3) is 0 Å². The number of benzene rings is 1. The first kappa shape index (κ1) is 13.9. The van der Waals surface area contributed by atoms with Gasteiger partial charge in [-0.05, 0) is 30.9 Å². The lowest BCUT2D eigenvalue weighted by atomic mass is 10.1. The topological polar surface area (TPSA) is 33.7 Å². The van der Waals surface area contributed by atoms with Gasteiger partial charge < -0.3 is 19.7 Å². The molecular formula is C16H24N2O2. The van der Waals surface area contributed by atoms with E-state index >= 15 is 0 Å². The Hall–Kier alpha value is -1.10. The summed E-state index contributed by atoms with van der Waals surface area (Å²) in [7, 11) is 0. The molecule has 2 heterocycles. The summed E-state index contributed by atoms with van der Waals surface area (Å²) >= 11 is 0. The molecule has 110 valence electrons. The molecule has 2 aliphatic heterocycles. The monoisotopic (exact) mass is 276 g/mol. The minimum absolute atomic E-state index is 0.0177. The second-order valence-electron chi connectivity index (χ2n) is 5.46. The van der Waals surface area contributed by atoms with Crippen LogP contribution in [0.2, 0.25) is 0 Å². The number of nitrogens with one attached hydrogen (secondary N) is 1. The van der Waals surface area contributed by atoms with Gasteiger partial charge in [0.05, 0.1) is 6.61 Å². The van der Waals surface area contributed by atoms with Crippen molar-refractivity contribution in [2.24, 2.45) is 0 Å². The molecule has 4 nitrogen and oxygen atoms in total. The van der Waals surface area contributed by atoms with Gasteiger partial charge in [-0.1, -0.05) is 18.2 Å². The van der Waals surface area contributed by atoms with Crippen LogP contribution in [0.3, 0.4) is 0 Å². The van der Waals surface area contributed by atoms with Gasteiger partial charge in [0.15, 0.2) is 6.29 Å². The summed E-state index contributed by atoms with van der Waals surface area (Å²) in [6, 6.07) is 8.63. The van der Waals surface area contributed by atoms with Gasteiger partial charge in [0.2, 0.25) is 0 Å². The molecule has 3 rings (SSSR count). The zero-order valence-corrected chi connectivity index (χ0v) is 12.0. The molecule has 1 N–H and O–H groups in total. The van der Waals surface area contributed by atoms with Gasteiger partial charge in [0, 0.05) is 38.5 Å². The maximum absolute atomic E-state index is 5.86. The number of rotatable bonds is 4. The van der Waals surface area contributed by atoms with Crippen molar-refractivity contribution < 1.29 is 9.47 Å². The van der Waals surface area contributed by atoms with E-state index in [1.807, 2.05) is 0 Å². The molecule has 0 bridgehead atoms. The predicted molar refractivity (Wildman–Crippen MR) is 79.9 cm³/mol. The smallest absolute Gasteiger partial charge is 0.157 e. The van der Waals surface area contributed by atoms with Crippen LogP contribution in [0.25, 0.3) is 0 Å². The van der Waals surface area contributed by atoms with Gasteiger partial charge in [-0.15, -0.1) is 0 Å². The molecule has 4 heteroatoms. The maximum atomic E-state index is 5.86. The molecule has 20 heavy (non-hydrogen) atoms. The highest BCUT2D eigenvalue weighted by atomic mass is 16.7. The Morgan fingerprint density at radius 2 is 2.25 bits per heavy atom. The van der Waals surface area contributed by atoms with E-state index < -0.39 is 0 Å². The Bertz CT molecular complexity index is 419. The molecule has 1 aromatic carbocycles. The number of hydrogen-bond donors (Lipinski definition) is 1. The van der Waals surface area contributed by atoms with Crippen LogP contribution < -0.4 is 10.2 Å². The number of fused-ring (bicyclic) bond motifs is 1. The average molecular weight is 276 g/mol. The first-order valence-electron chi connectivity index (χ1n) is 7.70. The van der Waals surface area contributed by atoms with Crippen molar-refractivity contribution in [2.45, 2.75) is 32.1 Å². The van der Waals surface area contributed by atoms with Crippen LogP contribution in [0, 0.1) is 0 Å². The summed E-state index contributed by atoms with van der Waals surface area (Å²) in [4.78, 5) is 2.41. The standard InChI is InChI=1S/C16H24N2O2/c1-2-6-15-14(5-1)13-17-8-9-18(15)10-12-20-16-7-3-4-11-19-16/h1-2,5-6,16-17H,3-4,7-13H2. The van der Waals surface area contributed by atoms with E-state index in [1.54, 1.807) is 0 Å². The van der Waals surface area contributed by atoms with Crippen molar-refractivity contribution >= 4 is 5.69 Å². The van der Waals surface area contributed by atoms with Crippen LogP contribution in [0.5, 0.6) is 0 Å². The van der Waals surface area contributed by atoms with Gasteiger partial charge in [-0.2, -0.15) is 0 Å². The molecular weight excluding hydrogens is 252 g/mol. The number of nitrogens with zero attached hydrogens (tertiary/aromatic N) is 1. The van der Waals surface area contributed by atoms with Gasteiger partial charge in [0.1, 0.15) is 0 Å². The third kappa shape index (κ3) is 3.51. The third-order valence-electron chi connectivity index (χ3n) is 4.01. The molecule has 0 spiro atoms. The van der Waals surface area contributed by atoms with E-state index in [0.29, 0.717) is 0 Å². The fraction of sp³-hybridized carbons (Fsp3) is 0.625. The lowest BCUT2D eigenvalue weighted by Gasteiger charge is -2.27. The van der Waals surface area contributed by atoms with Crippen molar-refractivity contribution in [3.63, 3.8) is 0 Å². The van der Waals surface area contributed by atoms with Crippen molar-refractivity contribution in [2.75, 3.05) is 37.7 Å². The van der Waals surface area contributed by atoms with Crippen LogP contribution in [0.1, 0.15) is 24.8 Å². The van der Waals surface area contributed by atoms with Gasteiger partial charge >= 0.3 is 0 Å². The summed E-state index contributed by atoms with van der Waals surface area (Å²) in [6.45, 7) is 5.53. The fourth-order valence-corrected chi connectivity index (χ4v) is 2.90. The Morgan fingerprint density at radius 3 is 3.15 bits per heavy atom. The summed E-state index contributed by atoms with van der Waals surface area (Å²) in [6.07, 6.45) is 3.45. The molecule has 1 aromatic rings. The molecule has 0 amide bonds. The quantitative estimate of drug-likeness (QED) is 0.913. The van der Waals surface area contributed by atoms with Crippen molar-refractivity contribution in [1.82, 2.24) is 5.32 Å². The van der Waals surface area contributed by atoms with Crippen LogP contribution in [-0.2, 0) is 16.0 Å². The van der Waals surface area contributed by atoms with Crippen LogP contribution in [0.4, 0.5) is 5.69 Å². The Balaban J connectivity index is 1.54. The minimum atomic E-state index is 0.0177. The Labute approximate surface area is 121 Å². The first-order chi connectivity index (χ1) is 9.93. The molecule has 1 saturated heterocycles. The predicted octanol–water partition coefficient (Wildman–Crippen LogP) is 2.14. The molecule has 0 aromatic heterocycles. The largest absolute Gasteiger partial charge is 0.368 e. The number of para-hydroxylation sites is 1. The number of hydrogen-bond acceptors (Lipinski definition) is 4. The minimum Gasteiger partial charge on any atom is -0.368 e. The molecule has 0 saturated carbocycles. The fourth-order valence-electron chi connectivity index (χ4n) is 2.90. The molecule has 1 atom stereocenters. The third-order valence-corrected chi connectivity index (χ3v) is 4.01. The molecule has 0 aliphatic carbocycles. The van der Waals surface area contributed by atoms with E-state index in [9.17, 15) is 0 Å². The van der Waals surface area contributed by atoms with Crippen LogP contribution in [0.15, 0.2) is 24.3 Å². The van der Waals surface area contributed by atoms with Crippen molar-refractivity contribution in [3.05, 3.63) is 29.8 Å². The number of ether oxygens (including phenoxy) is 2. The molecule has 2 aliphatic rings. The number of anilines is 1. The van der Waals surface area contributed by atoms with Gasteiger partial charge in [-0.3, -0.25) is 0 Å². The summed E-state index contributed by atoms with van der Waals surface area (Å²) in [5.41, 5.74) is 2.71. The van der Waals surface area contributed by atoms with Crippen LogP contribution in [-0.4, -0.2) is 39.1 Å². The highest BCUT2D eigenvalue weighted by Crippen LogP contribution is 2.22. The average Bonchev–Trinajstić information content (AvgIpc) is 2.71. The molecule has 1 fully saturated rings. The van der Waals surface area contributed by atoms with E-state index in [2.05, 4.69) is 34.5 Å². The van der Waals surface area contributed by atoms with Crippen LogP contribution >= 0.6 is 0 Å². The summed E-state index contributed by atoms with van der Waals surface area (Å²) < 4.78 is 11.5. The zero-order chi connectivity index (χ0) is 13.6. The first-order valence-corrected chi connectivity index (χ1v) is 7.70. The summed E-state index contributed by atoms with van der Waals surface area (Å²) in [5, 5.41) is 3.47. The molecule has 0 radical (unpaired) electrons. The Kier molecular flexibility index (Phi) is 4.90. The summed E-state index contributed by atoms with van der Waals surface area (Å²) in [5.74, 6) is 0. The van der Waals surface area contributed by atoms with Crippen molar-refractivity contribution in [3.8, 4) is 0 Å². The van der Waals surface area contributed by atoms with E-state index in [1.165, 1.54) is 24.1 Å². The van der Waals surface area contributed by atoms with E-state index in [0.717, 1.165) is 45.8 Å². The van der Waals surface area contributed by atoms with Crippen molar-refractivity contribution in [1.29, 1.82) is 0 Å². The Morgan fingerprint density at radius 1 is 1.30 bits per heavy atom. The normalized spacial score (nSPS) is 23.2. The highest BCUT2D eigenvalue weighted by Gasteiger charge is 2.17. The SMILES string of the molecule is c1ccc2c(c1)CNCCN2CCOC1CCCCO1. The highest BCUT2D eigenvalue weighted by molar-refractivity contribution is 5.54. The second kappa shape index (κ2) is 7.07. The van der Waals surface area contributed by atoms with Gasteiger partial charge in [-0.25, -0.2) is 0 Å². The second-order valence-corrected chi connectivity index (χ2v) is 5.46. The zero-order valence-electron chi connectivity index (χ0n) is 12.0. The maximum Gasteiger partial charge on any atom is 0.157 e. The lowest BCUT2D eigenvalue weighted by molar-refractivity contribution is -0.160. The lowest BCUT2D eigenvalue weighted by Crippen LogP contribution is -2.33. The van der Waals surface area contributed by atoms with E-state index in [-0.39, 0.29) is 6.29 Å². The molecule has 1 unspecified atom stereocenters.